The highest BCUT2D eigenvalue weighted by molar-refractivity contribution is 7.89. The Morgan fingerprint density at radius 3 is 2.16 bits per heavy atom. The summed E-state index contributed by atoms with van der Waals surface area (Å²) >= 11 is 0. The Balaban J connectivity index is 2.66. The van der Waals surface area contributed by atoms with Gasteiger partial charge in [-0.3, -0.25) is 4.79 Å². The van der Waals surface area contributed by atoms with Crippen molar-refractivity contribution in [2.75, 3.05) is 31.9 Å². The number of aryl methyl sites for hydroxylation is 1. The predicted molar refractivity (Wildman–Crippen MR) is 134 cm³/mol. The molecule has 0 saturated heterocycles. The van der Waals surface area contributed by atoms with Crippen molar-refractivity contribution in [1.82, 2.24) is 14.9 Å². The van der Waals surface area contributed by atoms with Gasteiger partial charge in [-0.1, -0.05) is 57.5 Å². The number of carbonyl (C=O) groups is 1. The molecule has 1 amide bonds. The summed E-state index contributed by atoms with van der Waals surface area (Å²) < 4.78 is 26.8. The maximum absolute atomic E-state index is 12.7. The highest BCUT2D eigenvalue weighted by Crippen LogP contribution is 2.10. The molecule has 1 atom stereocenters. The van der Waals surface area contributed by atoms with Crippen LogP contribution in [0.2, 0.25) is 0 Å². The van der Waals surface area contributed by atoms with Crippen molar-refractivity contribution in [2.24, 2.45) is 5.92 Å². The third-order valence-electron chi connectivity index (χ3n) is 5.46. The van der Waals surface area contributed by atoms with E-state index in [1.54, 1.807) is 0 Å². The standard InChI is InChI=1S/C25H45N3O3S/c1-6-17-28(18-7-2)32(30,31)19-14-25(29)27-24(13-16-26-15-12-21(3)4)20-23-10-8-22(5)9-11-23/h8-11,21,24,26H,6-7,12-20H2,1-5H3,(H,27,29)/t24-/m1/s1. The van der Waals surface area contributed by atoms with Crippen LogP contribution in [-0.4, -0.2) is 56.6 Å². The fourth-order valence-electron chi connectivity index (χ4n) is 3.57. The van der Waals surface area contributed by atoms with E-state index in [0.29, 0.717) is 19.0 Å². The zero-order chi connectivity index (χ0) is 24.0. The highest BCUT2D eigenvalue weighted by Gasteiger charge is 2.22. The van der Waals surface area contributed by atoms with Gasteiger partial charge in [0.15, 0.2) is 0 Å². The van der Waals surface area contributed by atoms with E-state index in [4.69, 9.17) is 0 Å². The first kappa shape index (κ1) is 28.6. The van der Waals surface area contributed by atoms with Crippen molar-refractivity contribution in [3.8, 4) is 0 Å². The largest absolute Gasteiger partial charge is 0.353 e. The lowest BCUT2D eigenvalue weighted by molar-refractivity contribution is -0.121. The second-order valence-corrected chi connectivity index (χ2v) is 11.2. The fourth-order valence-corrected chi connectivity index (χ4v) is 5.19. The summed E-state index contributed by atoms with van der Waals surface area (Å²) in [5, 5.41) is 6.55. The number of hydrogen-bond donors (Lipinski definition) is 2. The summed E-state index contributed by atoms with van der Waals surface area (Å²) in [6, 6.07) is 8.33. The van der Waals surface area contributed by atoms with Crippen molar-refractivity contribution in [2.45, 2.75) is 79.2 Å². The van der Waals surface area contributed by atoms with E-state index in [1.807, 2.05) is 13.8 Å². The van der Waals surface area contributed by atoms with Crippen LogP contribution in [0.25, 0.3) is 0 Å². The van der Waals surface area contributed by atoms with Gasteiger partial charge in [0.25, 0.3) is 0 Å². The molecule has 32 heavy (non-hydrogen) atoms. The molecular formula is C25H45N3O3S. The molecule has 2 N–H and O–H groups in total. The first-order valence-corrected chi connectivity index (χ1v) is 13.8. The van der Waals surface area contributed by atoms with Crippen LogP contribution in [0.3, 0.4) is 0 Å². The molecule has 0 heterocycles. The Labute approximate surface area is 196 Å². The van der Waals surface area contributed by atoms with Gasteiger partial charge in [-0.15, -0.1) is 0 Å². The predicted octanol–water partition coefficient (Wildman–Crippen LogP) is 3.89. The van der Waals surface area contributed by atoms with E-state index in [1.165, 1.54) is 15.4 Å². The average Bonchev–Trinajstić information content (AvgIpc) is 2.73. The SMILES string of the molecule is CCCN(CCC)S(=O)(=O)CCC(=O)N[C@H](CCNCCC(C)C)Cc1ccc(C)cc1. The Kier molecular flexibility index (Phi) is 13.8. The van der Waals surface area contributed by atoms with Crippen molar-refractivity contribution >= 4 is 15.9 Å². The molecule has 7 heteroatoms. The Morgan fingerprint density at radius 2 is 1.59 bits per heavy atom. The maximum Gasteiger partial charge on any atom is 0.221 e. The van der Waals surface area contributed by atoms with Gasteiger partial charge in [-0.05, 0) is 63.6 Å². The molecule has 0 aliphatic rings. The van der Waals surface area contributed by atoms with Crippen LogP contribution in [-0.2, 0) is 21.2 Å². The summed E-state index contributed by atoms with van der Waals surface area (Å²) in [6.07, 6.45) is 4.21. The maximum atomic E-state index is 12.7. The molecule has 0 aliphatic carbocycles. The Morgan fingerprint density at radius 1 is 1.00 bits per heavy atom. The number of benzene rings is 1. The molecule has 1 aromatic carbocycles. The van der Waals surface area contributed by atoms with Crippen LogP contribution in [0.15, 0.2) is 24.3 Å². The van der Waals surface area contributed by atoms with Gasteiger partial charge < -0.3 is 10.6 Å². The first-order valence-electron chi connectivity index (χ1n) is 12.2. The molecule has 6 nitrogen and oxygen atoms in total. The highest BCUT2D eigenvalue weighted by atomic mass is 32.2. The van der Waals surface area contributed by atoms with Crippen LogP contribution < -0.4 is 10.6 Å². The second-order valence-electron chi connectivity index (χ2n) is 9.14. The smallest absolute Gasteiger partial charge is 0.221 e. The summed E-state index contributed by atoms with van der Waals surface area (Å²) in [6.45, 7) is 13.2. The number of sulfonamides is 1. The van der Waals surface area contributed by atoms with Gasteiger partial charge >= 0.3 is 0 Å². The van der Waals surface area contributed by atoms with E-state index >= 15 is 0 Å². The molecule has 0 radical (unpaired) electrons. The topological polar surface area (TPSA) is 78.5 Å². The minimum atomic E-state index is -3.41. The second kappa shape index (κ2) is 15.4. The molecule has 1 aromatic rings. The molecule has 184 valence electrons. The van der Waals surface area contributed by atoms with Crippen LogP contribution in [0, 0.1) is 12.8 Å². The van der Waals surface area contributed by atoms with E-state index in [-0.39, 0.29) is 24.1 Å². The molecule has 1 rings (SSSR count). The molecule has 0 unspecified atom stereocenters. The van der Waals surface area contributed by atoms with Gasteiger partial charge in [0.1, 0.15) is 0 Å². The number of nitrogens with zero attached hydrogens (tertiary/aromatic N) is 1. The molecule has 0 aliphatic heterocycles. The summed E-state index contributed by atoms with van der Waals surface area (Å²) in [4.78, 5) is 12.6. The molecular weight excluding hydrogens is 422 g/mol. The fraction of sp³-hybridized carbons (Fsp3) is 0.720. The molecule has 0 saturated carbocycles. The van der Waals surface area contributed by atoms with Crippen LogP contribution >= 0.6 is 0 Å². The lowest BCUT2D eigenvalue weighted by Gasteiger charge is -2.22. The number of nitrogens with one attached hydrogen (secondary N) is 2. The number of hydrogen-bond acceptors (Lipinski definition) is 4. The quantitative estimate of drug-likeness (QED) is 0.341. The van der Waals surface area contributed by atoms with Gasteiger partial charge in [-0.25, -0.2) is 12.7 Å². The Bertz CT molecular complexity index is 742. The monoisotopic (exact) mass is 467 g/mol. The van der Waals surface area contributed by atoms with E-state index in [9.17, 15) is 13.2 Å². The molecule has 0 fully saturated rings. The zero-order valence-electron chi connectivity index (χ0n) is 20.8. The third-order valence-corrected chi connectivity index (χ3v) is 7.33. The van der Waals surface area contributed by atoms with Crippen molar-refractivity contribution in [3.63, 3.8) is 0 Å². The normalized spacial score (nSPS) is 13.0. The first-order chi connectivity index (χ1) is 15.2. The van der Waals surface area contributed by atoms with E-state index in [2.05, 4.69) is 55.7 Å². The summed E-state index contributed by atoms with van der Waals surface area (Å²) in [5.74, 6) is 0.330. The average molecular weight is 468 g/mol. The van der Waals surface area contributed by atoms with E-state index in [0.717, 1.165) is 45.2 Å². The van der Waals surface area contributed by atoms with E-state index < -0.39 is 10.0 Å². The molecule has 0 bridgehead atoms. The van der Waals surface area contributed by atoms with Crippen molar-refractivity contribution < 1.29 is 13.2 Å². The van der Waals surface area contributed by atoms with Gasteiger partial charge in [0.05, 0.1) is 5.75 Å². The summed E-state index contributed by atoms with van der Waals surface area (Å²) in [7, 11) is -3.41. The lowest BCUT2D eigenvalue weighted by Crippen LogP contribution is -2.41. The molecule has 0 spiro atoms. The lowest BCUT2D eigenvalue weighted by atomic mass is 10.0. The third kappa shape index (κ3) is 12.0. The van der Waals surface area contributed by atoms with Gasteiger partial charge in [0, 0.05) is 25.6 Å². The summed E-state index contributed by atoms with van der Waals surface area (Å²) in [5.41, 5.74) is 2.38. The number of amides is 1. The Hall–Kier alpha value is -1.44. The van der Waals surface area contributed by atoms with Crippen molar-refractivity contribution in [3.05, 3.63) is 35.4 Å². The van der Waals surface area contributed by atoms with Gasteiger partial charge in [-0.2, -0.15) is 0 Å². The molecule has 0 aromatic heterocycles. The van der Waals surface area contributed by atoms with Crippen LogP contribution in [0.1, 0.15) is 70.9 Å². The number of rotatable bonds is 17. The van der Waals surface area contributed by atoms with Crippen LogP contribution in [0.5, 0.6) is 0 Å². The van der Waals surface area contributed by atoms with Gasteiger partial charge in [0.2, 0.25) is 15.9 Å². The van der Waals surface area contributed by atoms with Crippen molar-refractivity contribution in [1.29, 1.82) is 0 Å². The minimum Gasteiger partial charge on any atom is -0.353 e. The minimum absolute atomic E-state index is 0.00254. The van der Waals surface area contributed by atoms with Crippen LogP contribution in [0.4, 0.5) is 0 Å². The number of carbonyl (C=O) groups excluding carboxylic acids is 1. The zero-order valence-corrected chi connectivity index (χ0v) is 21.6.